The molecule has 3 rings (SSSR count). The number of fused-ring (bicyclic) bond motifs is 1. The van der Waals surface area contributed by atoms with Gasteiger partial charge in [0.25, 0.3) is 0 Å². The molecule has 0 saturated heterocycles. The lowest BCUT2D eigenvalue weighted by Gasteiger charge is -2.10. The maximum absolute atomic E-state index is 12.9. The van der Waals surface area contributed by atoms with E-state index in [4.69, 9.17) is 14.9 Å². The molecule has 0 aliphatic rings. The van der Waals surface area contributed by atoms with Gasteiger partial charge in [0.05, 0.1) is 28.2 Å². The molecule has 0 saturated carbocycles. The van der Waals surface area contributed by atoms with Crippen molar-refractivity contribution < 1.29 is 13.9 Å². The topological polar surface area (TPSA) is 95.4 Å². The summed E-state index contributed by atoms with van der Waals surface area (Å²) in [7, 11) is 0. The summed E-state index contributed by atoms with van der Waals surface area (Å²) < 4.78 is 10.9. The Morgan fingerprint density at radius 2 is 2.20 bits per heavy atom. The summed E-state index contributed by atoms with van der Waals surface area (Å²) in [5.41, 5.74) is 7.32. The van der Waals surface area contributed by atoms with Gasteiger partial charge in [-0.25, -0.2) is 4.98 Å². The second-order valence-electron chi connectivity index (χ2n) is 5.61. The molecule has 2 heterocycles. The highest BCUT2D eigenvalue weighted by Crippen LogP contribution is 2.28. The van der Waals surface area contributed by atoms with Gasteiger partial charge in [0.15, 0.2) is 0 Å². The van der Waals surface area contributed by atoms with E-state index >= 15 is 0 Å². The molecular formula is C18H18N2O4S. The number of nitrogens with zero attached hydrogens (tertiary/aromatic N) is 1. The largest absolute Gasteiger partial charge is 0.463 e. The first-order valence-electron chi connectivity index (χ1n) is 7.95. The zero-order valence-corrected chi connectivity index (χ0v) is 14.8. The van der Waals surface area contributed by atoms with E-state index in [2.05, 4.69) is 4.98 Å². The van der Waals surface area contributed by atoms with Crippen LogP contribution in [0.15, 0.2) is 33.0 Å². The third-order valence-corrected chi connectivity index (χ3v) is 4.53. The monoisotopic (exact) mass is 358 g/mol. The minimum Gasteiger partial charge on any atom is -0.463 e. The quantitative estimate of drug-likeness (QED) is 0.556. The second-order valence-corrected chi connectivity index (χ2v) is 6.68. The van der Waals surface area contributed by atoms with Crippen LogP contribution in [0.2, 0.25) is 0 Å². The normalized spacial score (nSPS) is 11.0. The molecule has 0 aliphatic carbocycles. The van der Waals surface area contributed by atoms with E-state index in [1.165, 1.54) is 17.6 Å². The Morgan fingerprint density at radius 3 is 2.84 bits per heavy atom. The summed E-state index contributed by atoms with van der Waals surface area (Å²) in [5.74, 6) is -0.154. The van der Waals surface area contributed by atoms with Gasteiger partial charge in [-0.05, 0) is 25.0 Å². The van der Waals surface area contributed by atoms with Crippen LogP contribution in [0.4, 0.5) is 0 Å². The molecule has 25 heavy (non-hydrogen) atoms. The van der Waals surface area contributed by atoms with Gasteiger partial charge in [-0.15, -0.1) is 11.3 Å². The van der Waals surface area contributed by atoms with Crippen LogP contribution < -0.4 is 15.9 Å². The fourth-order valence-electron chi connectivity index (χ4n) is 2.59. The smallest absolute Gasteiger partial charge is 0.325 e. The summed E-state index contributed by atoms with van der Waals surface area (Å²) in [5, 5.41) is 3.15. The molecular weight excluding hydrogens is 340 g/mol. The number of nitrogens with two attached hydrogens (primary N) is 1. The number of benzene rings is 1. The highest BCUT2D eigenvalue weighted by atomic mass is 32.1. The molecule has 3 aromatic rings. The van der Waals surface area contributed by atoms with Crippen molar-refractivity contribution in [2.24, 2.45) is 5.73 Å². The predicted molar refractivity (Wildman–Crippen MR) is 97.0 cm³/mol. The Morgan fingerprint density at radius 1 is 1.40 bits per heavy atom. The molecule has 0 atom stereocenters. The van der Waals surface area contributed by atoms with E-state index in [9.17, 15) is 9.59 Å². The molecule has 2 N–H and O–H groups in total. The summed E-state index contributed by atoms with van der Waals surface area (Å²) in [6, 6.07) is 3.30. The number of carbonyl (C=O) groups excluding carboxylic acids is 1. The number of thiazole rings is 1. The standard InChI is InChI=1S/C18H18N2O4S/c1-3-4-11-5-12-16(6-15(11)24-17(21)7-19)23-8-13(18(12)22)14-9-25-10(2)20-14/h5-6,8-9H,3-4,7,19H2,1-2H3. The van der Waals surface area contributed by atoms with Gasteiger partial charge >= 0.3 is 5.97 Å². The van der Waals surface area contributed by atoms with Gasteiger partial charge in [0, 0.05) is 11.4 Å². The van der Waals surface area contributed by atoms with Crippen molar-refractivity contribution in [3.05, 3.63) is 44.6 Å². The van der Waals surface area contributed by atoms with Gasteiger partial charge in [0.1, 0.15) is 17.6 Å². The molecule has 0 bridgehead atoms. The number of ether oxygens (including phenoxy) is 1. The highest BCUT2D eigenvalue weighted by Gasteiger charge is 2.16. The summed E-state index contributed by atoms with van der Waals surface area (Å²) >= 11 is 1.48. The molecule has 7 heteroatoms. The molecule has 0 radical (unpaired) electrons. The van der Waals surface area contributed by atoms with E-state index in [-0.39, 0.29) is 12.0 Å². The van der Waals surface area contributed by atoms with Crippen molar-refractivity contribution in [1.29, 1.82) is 0 Å². The molecule has 0 amide bonds. The van der Waals surface area contributed by atoms with Crippen LogP contribution in [-0.4, -0.2) is 17.5 Å². The molecule has 1 aromatic carbocycles. The van der Waals surface area contributed by atoms with Crippen molar-refractivity contribution in [2.75, 3.05) is 6.54 Å². The SMILES string of the molecule is CCCc1cc2c(=O)c(-c3csc(C)n3)coc2cc1OC(=O)CN. The lowest BCUT2D eigenvalue weighted by atomic mass is 10.0. The number of hydrogen-bond donors (Lipinski definition) is 1. The Hall–Kier alpha value is -2.51. The lowest BCUT2D eigenvalue weighted by molar-refractivity contribution is -0.132. The van der Waals surface area contributed by atoms with Crippen molar-refractivity contribution in [3.8, 4) is 17.0 Å². The van der Waals surface area contributed by atoms with E-state index in [0.717, 1.165) is 17.0 Å². The third kappa shape index (κ3) is 3.47. The van der Waals surface area contributed by atoms with Gasteiger partial charge in [0.2, 0.25) is 5.43 Å². The zero-order chi connectivity index (χ0) is 18.0. The van der Waals surface area contributed by atoms with Gasteiger partial charge in [-0.1, -0.05) is 13.3 Å². The first-order chi connectivity index (χ1) is 12.0. The second kappa shape index (κ2) is 7.16. The van der Waals surface area contributed by atoms with Crippen LogP contribution in [0.25, 0.3) is 22.2 Å². The summed E-state index contributed by atoms with van der Waals surface area (Å²) in [4.78, 5) is 28.7. The third-order valence-electron chi connectivity index (χ3n) is 3.76. The average Bonchev–Trinajstić information content (AvgIpc) is 3.02. The van der Waals surface area contributed by atoms with Crippen LogP contribution in [0, 0.1) is 6.92 Å². The number of esters is 1. The lowest BCUT2D eigenvalue weighted by Crippen LogP contribution is -2.20. The minimum atomic E-state index is -0.534. The average molecular weight is 358 g/mol. The number of hydrogen-bond acceptors (Lipinski definition) is 7. The fourth-order valence-corrected chi connectivity index (χ4v) is 3.20. The number of aryl methyl sites for hydroxylation is 2. The molecule has 6 nitrogen and oxygen atoms in total. The van der Waals surface area contributed by atoms with E-state index in [1.54, 1.807) is 12.1 Å². The van der Waals surface area contributed by atoms with Crippen LogP contribution in [0.3, 0.4) is 0 Å². The van der Waals surface area contributed by atoms with Crippen LogP contribution in [0.5, 0.6) is 5.75 Å². The molecule has 0 unspecified atom stereocenters. The number of carbonyl (C=O) groups is 1. The Bertz CT molecular complexity index is 990. The van der Waals surface area contributed by atoms with Crippen LogP contribution in [0.1, 0.15) is 23.9 Å². The maximum Gasteiger partial charge on any atom is 0.325 e. The Kier molecular flexibility index (Phi) is 4.96. The Balaban J connectivity index is 2.16. The van der Waals surface area contributed by atoms with Gasteiger partial charge < -0.3 is 14.9 Å². The first-order valence-corrected chi connectivity index (χ1v) is 8.83. The zero-order valence-electron chi connectivity index (χ0n) is 14.0. The summed E-state index contributed by atoms with van der Waals surface area (Å²) in [6.07, 6.45) is 2.91. The number of aromatic nitrogens is 1. The first kappa shape index (κ1) is 17.3. The van der Waals surface area contributed by atoms with E-state index < -0.39 is 5.97 Å². The maximum atomic E-state index is 12.9. The molecule has 2 aromatic heterocycles. The van der Waals surface area contributed by atoms with Crippen LogP contribution in [-0.2, 0) is 11.2 Å². The van der Waals surface area contributed by atoms with E-state index in [0.29, 0.717) is 34.4 Å². The molecule has 0 fully saturated rings. The molecule has 130 valence electrons. The van der Waals surface area contributed by atoms with Crippen molar-refractivity contribution >= 4 is 28.3 Å². The van der Waals surface area contributed by atoms with E-state index in [1.807, 2.05) is 19.2 Å². The van der Waals surface area contributed by atoms with Gasteiger partial charge in [-0.3, -0.25) is 9.59 Å². The predicted octanol–water partition coefficient (Wildman–Crippen LogP) is 3.04. The van der Waals surface area contributed by atoms with Crippen molar-refractivity contribution in [3.63, 3.8) is 0 Å². The summed E-state index contributed by atoms with van der Waals surface area (Å²) in [6.45, 7) is 3.68. The Labute approximate surface area is 148 Å². The fraction of sp³-hybridized carbons (Fsp3) is 0.278. The van der Waals surface area contributed by atoms with Crippen LogP contribution >= 0.6 is 11.3 Å². The van der Waals surface area contributed by atoms with Gasteiger partial charge in [-0.2, -0.15) is 0 Å². The molecule has 0 spiro atoms. The van der Waals surface area contributed by atoms with Crippen molar-refractivity contribution in [2.45, 2.75) is 26.7 Å². The number of rotatable bonds is 5. The van der Waals surface area contributed by atoms with Crippen molar-refractivity contribution in [1.82, 2.24) is 4.98 Å². The highest BCUT2D eigenvalue weighted by molar-refractivity contribution is 7.09. The molecule has 0 aliphatic heterocycles. The minimum absolute atomic E-state index is 0.152.